The smallest absolute Gasteiger partial charge is 0.247 e. The summed E-state index contributed by atoms with van der Waals surface area (Å²) in [5, 5.41) is 3.67. The summed E-state index contributed by atoms with van der Waals surface area (Å²) < 4.78 is 24.7. The van der Waals surface area contributed by atoms with E-state index in [0.717, 1.165) is 42.2 Å². The number of halogens is 3. The lowest BCUT2D eigenvalue weighted by Gasteiger charge is -2.27. The van der Waals surface area contributed by atoms with Crippen LogP contribution in [0.25, 0.3) is 0 Å². The van der Waals surface area contributed by atoms with Crippen LogP contribution in [0.3, 0.4) is 0 Å². The molecule has 1 atom stereocenters. The lowest BCUT2D eigenvalue weighted by Crippen LogP contribution is -2.16. The topological polar surface area (TPSA) is 59.9 Å². The second-order valence-electron chi connectivity index (χ2n) is 7.89. The Morgan fingerprint density at radius 1 is 1.21 bits per heavy atom. The summed E-state index contributed by atoms with van der Waals surface area (Å²) in [5.74, 6) is 0.269. The molecule has 1 N–H and O–H groups in total. The van der Waals surface area contributed by atoms with E-state index >= 15 is 0 Å². The van der Waals surface area contributed by atoms with Gasteiger partial charge in [0.1, 0.15) is 17.3 Å². The van der Waals surface area contributed by atoms with Gasteiger partial charge < -0.3 is 14.8 Å². The predicted octanol–water partition coefficient (Wildman–Crippen LogP) is 6.34. The molecule has 2 aromatic carbocycles. The molecular formula is C25H23Cl2FN2O3. The first-order chi connectivity index (χ1) is 15.9. The number of carbonyl (C=O) groups excluding carboxylic acids is 1. The molecule has 1 amide bonds. The van der Waals surface area contributed by atoms with E-state index < -0.39 is 11.7 Å². The maximum atomic E-state index is 13.9. The summed E-state index contributed by atoms with van der Waals surface area (Å²) in [7, 11) is 3.12. The SMILES string of the molecule is C=CC(=O)Nc1cc(F)ccc1C1=NCC2=C1CCC(c1c(Cl)c(OC)cc(OC)c1Cl)C2. The van der Waals surface area contributed by atoms with Crippen molar-refractivity contribution in [3.05, 3.63) is 75.1 Å². The fourth-order valence-corrected chi connectivity index (χ4v) is 5.31. The van der Waals surface area contributed by atoms with Crippen LogP contribution in [-0.2, 0) is 4.79 Å². The molecule has 0 bridgehead atoms. The Morgan fingerprint density at radius 2 is 1.91 bits per heavy atom. The van der Waals surface area contributed by atoms with Crippen LogP contribution in [0.5, 0.6) is 11.5 Å². The molecule has 33 heavy (non-hydrogen) atoms. The second kappa shape index (κ2) is 9.57. The predicted molar refractivity (Wildman–Crippen MR) is 130 cm³/mol. The van der Waals surface area contributed by atoms with E-state index in [2.05, 4.69) is 11.9 Å². The van der Waals surface area contributed by atoms with E-state index in [4.69, 9.17) is 37.7 Å². The molecule has 2 aliphatic rings. The number of ether oxygens (including phenoxy) is 2. The van der Waals surface area contributed by atoms with Crippen LogP contribution in [0.4, 0.5) is 10.1 Å². The summed E-state index contributed by atoms with van der Waals surface area (Å²) in [4.78, 5) is 16.6. The highest BCUT2D eigenvalue weighted by molar-refractivity contribution is 6.38. The van der Waals surface area contributed by atoms with Crippen LogP contribution in [0.15, 0.2) is 53.1 Å². The number of carbonyl (C=O) groups is 1. The number of nitrogens with zero attached hydrogens (tertiary/aromatic N) is 1. The molecule has 1 unspecified atom stereocenters. The minimum absolute atomic E-state index is 0.0791. The molecule has 2 aromatic rings. The monoisotopic (exact) mass is 488 g/mol. The zero-order chi connectivity index (χ0) is 23.7. The lowest BCUT2D eigenvalue weighted by molar-refractivity contribution is -0.111. The zero-order valence-electron chi connectivity index (χ0n) is 18.3. The molecule has 8 heteroatoms. The quantitative estimate of drug-likeness (QED) is 0.482. The molecule has 0 fully saturated rings. The highest BCUT2D eigenvalue weighted by Gasteiger charge is 2.33. The van der Waals surface area contributed by atoms with Gasteiger partial charge in [0.15, 0.2) is 0 Å². The van der Waals surface area contributed by atoms with Gasteiger partial charge in [0, 0.05) is 17.2 Å². The third kappa shape index (κ3) is 4.37. The Bertz CT molecular complexity index is 1180. The van der Waals surface area contributed by atoms with Gasteiger partial charge in [0.25, 0.3) is 0 Å². The number of benzene rings is 2. The molecule has 0 radical (unpaired) electrons. The normalized spacial score (nSPS) is 17.4. The van der Waals surface area contributed by atoms with Crippen LogP contribution in [0.1, 0.15) is 36.3 Å². The van der Waals surface area contributed by atoms with E-state index in [9.17, 15) is 9.18 Å². The summed E-state index contributed by atoms with van der Waals surface area (Å²) in [6, 6.07) is 6.00. The first-order valence-corrected chi connectivity index (χ1v) is 11.2. The van der Waals surface area contributed by atoms with Crippen molar-refractivity contribution in [3.63, 3.8) is 0 Å². The van der Waals surface area contributed by atoms with E-state index in [0.29, 0.717) is 39.3 Å². The summed E-state index contributed by atoms with van der Waals surface area (Å²) in [6.45, 7) is 3.99. The van der Waals surface area contributed by atoms with Gasteiger partial charge in [-0.1, -0.05) is 29.8 Å². The fraction of sp³-hybridized carbons (Fsp3) is 0.280. The number of methoxy groups -OCH3 is 2. The summed E-state index contributed by atoms with van der Waals surface area (Å²) >= 11 is 13.3. The van der Waals surface area contributed by atoms with Crippen LogP contribution < -0.4 is 14.8 Å². The molecule has 172 valence electrons. The Balaban J connectivity index is 1.67. The number of aliphatic imine (C=N–C) groups is 1. The number of nitrogens with one attached hydrogen (secondary N) is 1. The maximum absolute atomic E-state index is 13.9. The molecule has 1 aliphatic heterocycles. The average Bonchev–Trinajstić information content (AvgIpc) is 3.22. The highest BCUT2D eigenvalue weighted by Crippen LogP contribution is 2.49. The Morgan fingerprint density at radius 3 is 2.55 bits per heavy atom. The molecule has 0 aromatic heterocycles. The molecule has 0 saturated heterocycles. The van der Waals surface area contributed by atoms with Crippen molar-refractivity contribution in [2.24, 2.45) is 4.99 Å². The van der Waals surface area contributed by atoms with E-state index in [1.165, 1.54) is 17.7 Å². The largest absolute Gasteiger partial charge is 0.495 e. The van der Waals surface area contributed by atoms with Crippen molar-refractivity contribution in [2.75, 3.05) is 26.1 Å². The van der Waals surface area contributed by atoms with Crippen molar-refractivity contribution in [3.8, 4) is 11.5 Å². The molecule has 5 nitrogen and oxygen atoms in total. The van der Waals surface area contributed by atoms with Crippen LogP contribution in [-0.4, -0.2) is 32.4 Å². The molecule has 1 heterocycles. The standard InChI is InChI=1S/C25H23Cl2FN2O3/c1-4-21(31)30-18-10-15(28)6-8-17(18)25-16-7-5-13(9-14(16)12-29-25)22-23(26)19(32-2)11-20(33-3)24(22)27/h4,6,8,10-11,13H,1,5,7,9,12H2,2-3H3,(H,30,31). The third-order valence-electron chi connectivity index (χ3n) is 6.07. The van der Waals surface area contributed by atoms with Gasteiger partial charge in [-0.05, 0) is 60.6 Å². The van der Waals surface area contributed by atoms with Crippen LogP contribution in [0.2, 0.25) is 10.0 Å². The van der Waals surface area contributed by atoms with Crippen LogP contribution in [0, 0.1) is 5.82 Å². The van der Waals surface area contributed by atoms with Crippen molar-refractivity contribution in [1.82, 2.24) is 0 Å². The molecule has 0 saturated carbocycles. The minimum atomic E-state index is -0.439. The third-order valence-corrected chi connectivity index (χ3v) is 6.85. The molecule has 1 aliphatic carbocycles. The minimum Gasteiger partial charge on any atom is -0.495 e. The van der Waals surface area contributed by atoms with Gasteiger partial charge in [-0.3, -0.25) is 9.79 Å². The average molecular weight is 489 g/mol. The molecular weight excluding hydrogens is 466 g/mol. The van der Waals surface area contributed by atoms with E-state index in [1.807, 2.05) is 0 Å². The van der Waals surface area contributed by atoms with E-state index in [-0.39, 0.29) is 5.92 Å². The Hall–Kier alpha value is -2.83. The van der Waals surface area contributed by atoms with Gasteiger partial charge in [-0.25, -0.2) is 4.39 Å². The summed E-state index contributed by atoms with van der Waals surface area (Å²) in [5.41, 5.74) is 4.96. The van der Waals surface area contributed by atoms with Gasteiger partial charge in [0.2, 0.25) is 5.91 Å². The lowest BCUT2D eigenvalue weighted by atomic mass is 9.78. The van der Waals surface area contributed by atoms with Crippen molar-refractivity contribution in [2.45, 2.75) is 25.2 Å². The summed E-state index contributed by atoms with van der Waals surface area (Å²) in [6.07, 6.45) is 3.42. The number of anilines is 1. The number of allylic oxidation sites excluding steroid dienone is 1. The number of amides is 1. The zero-order valence-corrected chi connectivity index (χ0v) is 19.8. The maximum Gasteiger partial charge on any atom is 0.247 e. The first-order valence-electron chi connectivity index (χ1n) is 10.5. The van der Waals surface area contributed by atoms with Crippen molar-refractivity contribution < 1.29 is 18.7 Å². The van der Waals surface area contributed by atoms with Gasteiger partial charge in [-0.15, -0.1) is 0 Å². The molecule has 4 rings (SSSR count). The number of hydrogen-bond acceptors (Lipinski definition) is 4. The highest BCUT2D eigenvalue weighted by atomic mass is 35.5. The second-order valence-corrected chi connectivity index (χ2v) is 8.65. The van der Waals surface area contributed by atoms with Gasteiger partial charge in [0.05, 0.1) is 42.2 Å². The Kier molecular flexibility index (Phi) is 6.77. The van der Waals surface area contributed by atoms with Crippen molar-refractivity contribution >= 4 is 40.5 Å². The number of rotatable bonds is 6. The van der Waals surface area contributed by atoms with E-state index in [1.54, 1.807) is 26.4 Å². The number of hydrogen-bond donors (Lipinski definition) is 1. The van der Waals surface area contributed by atoms with Crippen molar-refractivity contribution in [1.29, 1.82) is 0 Å². The van der Waals surface area contributed by atoms with Crippen LogP contribution >= 0.6 is 23.2 Å². The fourth-order valence-electron chi connectivity index (χ4n) is 4.50. The Labute approximate surface area is 201 Å². The first kappa shape index (κ1) is 23.3. The molecule has 0 spiro atoms. The van der Waals surface area contributed by atoms with Gasteiger partial charge >= 0.3 is 0 Å². The van der Waals surface area contributed by atoms with Gasteiger partial charge in [-0.2, -0.15) is 0 Å².